The van der Waals surface area contributed by atoms with Gasteiger partial charge >= 0.3 is 0 Å². The Morgan fingerprint density at radius 2 is 2.40 bits per heavy atom. The molecule has 0 atom stereocenters. The van der Waals surface area contributed by atoms with Crippen molar-refractivity contribution >= 4 is 17.0 Å². The van der Waals surface area contributed by atoms with E-state index in [0.717, 1.165) is 18.7 Å². The average Bonchev–Trinajstić information content (AvgIpc) is 2.84. The number of nitrogens with zero attached hydrogens (tertiary/aromatic N) is 2. The standard InChI is InChI=1S/C11H15N3S/c1-3-9-6-11(14(2)13-9)7-12-10-4-5-15-8-10/h4-6,8,12H,3,7H2,1-2H3. The Hall–Kier alpha value is -1.29. The Morgan fingerprint density at radius 3 is 3.00 bits per heavy atom. The zero-order valence-corrected chi connectivity index (χ0v) is 9.84. The van der Waals surface area contributed by atoms with Gasteiger partial charge in [0.2, 0.25) is 0 Å². The van der Waals surface area contributed by atoms with E-state index in [4.69, 9.17) is 0 Å². The minimum absolute atomic E-state index is 0.834. The number of hydrogen-bond acceptors (Lipinski definition) is 3. The molecule has 0 saturated carbocycles. The van der Waals surface area contributed by atoms with Crippen LogP contribution >= 0.6 is 11.3 Å². The van der Waals surface area contributed by atoms with E-state index in [-0.39, 0.29) is 0 Å². The second-order valence-corrected chi connectivity index (χ2v) is 4.25. The molecule has 0 aliphatic rings. The van der Waals surface area contributed by atoms with Crippen molar-refractivity contribution in [3.63, 3.8) is 0 Å². The van der Waals surface area contributed by atoms with Gasteiger partial charge in [0.25, 0.3) is 0 Å². The Bertz CT molecular complexity index is 417. The Morgan fingerprint density at radius 1 is 1.53 bits per heavy atom. The molecule has 2 rings (SSSR count). The molecule has 0 unspecified atom stereocenters. The number of nitrogens with one attached hydrogen (secondary N) is 1. The summed E-state index contributed by atoms with van der Waals surface area (Å²) in [5, 5.41) is 12.0. The van der Waals surface area contributed by atoms with Gasteiger partial charge in [-0.25, -0.2) is 0 Å². The molecule has 0 aliphatic heterocycles. The Kier molecular flexibility index (Phi) is 3.06. The fourth-order valence-corrected chi connectivity index (χ4v) is 2.08. The van der Waals surface area contributed by atoms with E-state index >= 15 is 0 Å². The normalized spacial score (nSPS) is 10.5. The topological polar surface area (TPSA) is 29.9 Å². The first-order valence-electron chi connectivity index (χ1n) is 5.07. The van der Waals surface area contributed by atoms with Crippen molar-refractivity contribution in [2.24, 2.45) is 7.05 Å². The summed E-state index contributed by atoms with van der Waals surface area (Å²) < 4.78 is 1.94. The van der Waals surface area contributed by atoms with Gasteiger partial charge in [-0.05, 0) is 23.9 Å². The SMILES string of the molecule is CCc1cc(CNc2ccsc2)n(C)n1. The Balaban J connectivity index is 2.01. The summed E-state index contributed by atoms with van der Waals surface area (Å²) in [6.07, 6.45) is 0.992. The maximum atomic E-state index is 4.41. The molecule has 0 bridgehead atoms. The lowest BCUT2D eigenvalue weighted by molar-refractivity contribution is 0.707. The lowest BCUT2D eigenvalue weighted by Gasteiger charge is -2.03. The smallest absolute Gasteiger partial charge is 0.0625 e. The van der Waals surface area contributed by atoms with Crippen molar-refractivity contribution in [2.75, 3.05) is 5.32 Å². The van der Waals surface area contributed by atoms with E-state index in [1.165, 1.54) is 11.4 Å². The van der Waals surface area contributed by atoms with E-state index < -0.39 is 0 Å². The summed E-state index contributed by atoms with van der Waals surface area (Å²) in [6.45, 7) is 2.96. The highest BCUT2D eigenvalue weighted by Gasteiger charge is 2.03. The maximum Gasteiger partial charge on any atom is 0.0625 e. The van der Waals surface area contributed by atoms with Crippen LogP contribution in [0.4, 0.5) is 5.69 Å². The monoisotopic (exact) mass is 221 g/mol. The van der Waals surface area contributed by atoms with Gasteiger partial charge in [0.1, 0.15) is 0 Å². The third-order valence-corrected chi connectivity index (χ3v) is 3.07. The fraction of sp³-hybridized carbons (Fsp3) is 0.364. The molecule has 2 heterocycles. The van der Waals surface area contributed by atoms with Crippen molar-refractivity contribution in [1.82, 2.24) is 9.78 Å². The van der Waals surface area contributed by atoms with Gasteiger partial charge in [-0.2, -0.15) is 16.4 Å². The van der Waals surface area contributed by atoms with Crippen LogP contribution in [0.1, 0.15) is 18.3 Å². The fourth-order valence-electron chi connectivity index (χ4n) is 1.47. The molecule has 0 amide bonds. The predicted molar refractivity (Wildman–Crippen MR) is 64.2 cm³/mol. The van der Waals surface area contributed by atoms with Gasteiger partial charge < -0.3 is 5.32 Å². The van der Waals surface area contributed by atoms with E-state index in [9.17, 15) is 0 Å². The van der Waals surface area contributed by atoms with Gasteiger partial charge in [0, 0.05) is 18.1 Å². The maximum absolute atomic E-state index is 4.41. The van der Waals surface area contributed by atoms with Crippen molar-refractivity contribution in [3.05, 3.63) is 34.3 Å². The first-order valence-corrected chi connectivity index (χ1v) is 6.01. The van der Waals surface area contributed by atoms with Gasteiger partial charge in [0.15, 0.2) is 0 Å². The lowest BCUT2D eigenvalue weighted by Crippen LogP contribution is -2.04. The molecule has 2 aromatic heterocycles. The molecule has 0 aliphatic carbocycles. The average molecular weight is 221 g/mol. The largest absolute Gasteiger partial charge is 0.379 e. The molecule has 0 saturated heterocycles. The van der Waals surface area contributed by atoms with Crippen molar-refractivity contribution in [3.8, 4) is 0 Å². The van der Waals surface area contributed by atoms with Crippen LogP contribution in [0.2, 0.25) is 0 Å². The molecule has 1 N–H and O–H groups in total. The quantitative estimate of drug-likeness (QED) is 0.860. The molecule has 80 valence electrons. The van der Waals surface area contributed by atoms with E-state index in [2.05, 4.69) is 40.2 Å². The molecule has 4 heteroatoms. The zero-order valence-electron chi connectivity index (χ0n) is 9.03. The summed E-state index contributed by atoms with van der Waals surface area (Å²) in [4.78, 5) is 0. The van der Waals surface area contributed by atoms with Crippen LogP contribution in [0, 0.1) is 0 Å². The zero-order chi connectivity index (χ0) is 10.7. The number of aromatic nitrogens is 2. The van der Waals surface area contributed by atoms with Crippen LogP contribution in [-0.4, -0.2) is 9.78 Å². The summed E-state index contributed by atoms with van der Waals surface area (Å²) in [6, 6.07) is 4.24. The van der Waals surface area contributed by atoms with Crippen LogP contribution in [0.5, 0.6) is 0 Å². The van der Waals surface area contributed by atoms with Crippen LogP contribution in [0.3, 0.4) is 0 Å². The van der Waals surface area contributed by atoms with Gasteiger partial charge in [0.05, 0.1) is 17.9 Å². The van der Waals surface area contributed by atoms with E-state index in [1.807, 2.05) is 11.7 Å². The number of anilines is 1. The lowest BCUT2D eigenvalue weighted by atomic mass is 10.3. The van der Waals surface area contributed by atoms with Gasteiger partial charge in [-0.15, -0.1) is 0 Å². The van der Waals surface area contributed by atoms with Crippen molar-refractivity contribution < 1.29 is 0 Å². The van der Waals surface area contributed by atoms with Crippen molar-refractivity contribution in [1.29, 1.82) is 0 Å². The highest BCUT2D eigenvalue weighted by Crippen LogP contribution is 2.13. The highest BCUT2D eigenvalue weighted by atomic mass is 32.1. The third-order valence-electron chi connectivity index (χ3n) is 2.38. The highest BCUT2D eigenvalue weighted by molar-refractivity contribution is 7.08. The van der Waals surface area contributed by atoms with Crippen LogP contribution in [0.15, 0.2) is 22.9 Å². The number of aryl methyl sites for hydroxylation is 2. The minimum atomic E-state index is 0.834. The minimum Gasteiger partial charge on any atom is -0.379 e. The first-order chi connectivity index (χ1) is 7.29. The number of thiophene rings is 1. The number of hydrogen-bond donors (Lipinski definition) is 1. The molecular weight excluding hydrogens is 206 g/mol. The summed E-state index contributed by atoms with van der Waals surface area (Å²) in [7, 11) is 1.99. The summed E-state index contributed by atoms with van der Waals surface area (Å²) in [5.41, 5.74) is 3.55. The molecule has 2 aromatic rings. The molecule has 15 heavy (non-hydrogen) atoms. The predicted octanol–water partition coefficient (Wildman–Crippen LogP) is 2.66. The second kappa shape index (κ2) is 4.49. The van der Waals surface area contributed by atoms with Crippen LogP contribution < -0.4 is 5.32 Å². The first kappa shape index (κ1) is 10.2. The van der Waals surface area contributed by atoms with Crippen LogP contribution in [0.25, 0.3) is 0 Å². The summed E-state index contributed by atoms with van der Waals surface area (Å²) in [5.74, 6) is 0. The molecular formula is C11H15N3S. The van der Waals surface area contributed by atoms with Gasteiger partial charge in [-0.1, -0.05) is 6.92 Å². The molecule has 3 nitrogen and oxygen atoms in total. The van der Waals surface area contributed by atoms with Gasteiger partial charge in [-0.3, -0.25) is 4.68 Å². The van der Waals surface area contributed by atoms with E-state index in [0.29, 0.717) is 0 Å². The van der Waals surface area contributed by atoms with Crippen LogP contribution in [-0.2, 0) is 20.0 Å². The molecule has 0 spiro atoms. The van der Waals surface area contributed by atoms with E-state index in [1.54, 1.807) is 11.3 Å². The molecule has 0 aromatic carbocycles. The third kappa shape index (κ3) is 2.39. The van der Waals surface area contributed by atoms with Crippen molar-refractivity contribution in [2.45, 2.75) is 19.9 Å². The summed E-state index contributed by atoms with van der Waals surface area (Å²) >= 11 is 1.70. The molecule has 0 radical (unpaired) electrons. The Labute approximate surface area is 93.7 Å². The second-order valence-electron chi connectivity index (χ2n) is 3.47. The number of rotatable bonds is 4. The molecule has 0 fully saturated rings.